The number of rotatable bonds is 7. The number of pyridine rings is 1. The Hall–Kier alpha value is -3.67. The first-order valence-corrected chi connectivity index (χ1v) is 10.00. The van der Waals surface area contributed by atoms with E-state index in [0.29, 0.717) is 31.6 Å². The van der Waals surface area contributed by atoms with Crippen molar-refractivity contribution in [3.05, 3.63) is 84.7 Å². The third-order valence-electron chi connectivity index (χ3n) is 4.95. The molecule has 6 heteroatoms. The van der Waals surface area contributed by atoms with Gasteiger partial charge in [-0.25, -0.2) is 0 Å². The summed E-state index contributed by atoms with van der Waals surface area (Å²) in [6, 6.07) is 22.4. The van der Waals surface area contributed by atoms with Gasteiger partial charge in [-0.05, 0) is 55.0 Å². The van der Waals surface area contributed by atoms with Crippen molar-refractivity contribution in [2.75, 3.05) is 11.4 Å². The quantitative estimate of drug-likeness (QED) is 0.655. The summed E-state index contributed by atoms with van der Waals surface area (Å²) >= 11 is 0. The van der Waals surface area contributed by atoms with E-state index in [0.717, 1.165) is 17.1 Å². The van der Waals surface area contributed by atoms with E-state index in [9.17, 15) is 9.59 Å². The van der Waals surface area contributed by atoms with Gasteiger partial charge in [-0.15, -0.1) is 0 Å². The van der Waals surface area contributed by atoms with Gasteiger partial charge in [0.05, 0.1) is 6.04 Å². The average Bonchev–Trinajstić information content (AvgIpc) is 3.14. The molecule has 0 saturated carbocycles. The zero-order chi connectivity index (χ0) is 20.8. The van der Waals surface area contributed by atoms with Crippen molar-refractivity contribution >= 4 is 17.5 Å². The zero-order valence-electron chi connectivity index (χ0n) is 16.5. The van der Waals surface area contributed by atoms with Crippen molar-refractivity contribution in [1.29, 1.82) is 0 Å². The molecule has 1 aliphatic rings. The third-order valence-corrected chi connectivity index (χ3v) is 4.95. The van der Waals surface area contributed by atoms with Gasteiger partial charge in [0.1, 0.15) is 11.5 Å². The lowest BCUT2D eigenvalue weighted by atomic mass is 10.2. The van der Waals surface area contributed by atoms with E-state index in [-0.39, 0.29) is 17.9 Å². The van der Waals surface area contributed by atoms with E-state index in [2.05, 4.69) is 10.3 Å². The van der Waals surface area contributed by atoms with Crippen LogP contribution in [0.3, 0.4) is 0 Å². The minimum Gasteiger partial charge on any atom is -0.457 e. The normalized spacial score (nSPS) is 15.8. The van der Waals surface area contributed by atoms with E-state index >= 15 is 0 Å². The van der Waals surface area contributed by atoms with Crippen LogP contribution < -0.4 is 15.0 Å². The molecule has 3 aromatic rings. The zero-order valence-corrected chi connectivity index (χ0v) is 16.5. The van der Waals surface area contributed by atoms with Crippen LogP contribution >= 0.6 is 0 Å². The first-order chi connectivity index (χ1) is 14.7. The molecule has 2 amide bonds. The molecule has 152 valence electrons. The number of aromatic nitrogens is 1. The van der Waals surface area contributed by atoms with Gasteiger partial charge in [0.15, 0.2) is 0 Å². The number of benzene rings is 2. The van der Waals surface area contributed by atoms with Gasteiger partial charge in [-0.3, -0.25) is 14.6 Å². The summed E-state index contributed by atoms with van der Waals surface area (Å²) in [5.41, 5.74) is 1.68. The van der Waals surface area contributed by atoms with Crippen LogP contribution in [-0.4, -0.2) is 29.4 Å². The summed E-state index contributed by atoms with van der Waals surface area (Å²) in [7, 11) is 0. The van der Waals surface area contributed by atoms with Crippen LogP contribution in [0.5, 0.6) is 11.5 Å². The molecule has 2 heterocycles. The molecular formula is C24H23N3O3. The molecule has 0 spiro atoms. The number of carbonyl (C=O) groups is 2. The lowest BCUT2D eigenvalue weighted by Gasteiger charge is -2.18. The van der Waals surface area contributed by atoms with Crippen molar-refractivity contribution in [3.63, 3.8) is 0 Å². The smallest absolute Gasteiger partial charge is 0.229 e. The fourth-order valence-electron chi connectivity index (χ4n) is 3.46. The van der Waals surface area contributed by atoms with Crippen LogP contribution in [0, 0.1) is 0 Å². The summed E-state index contributed by atoms with van der Waals surface area (Å²) in [6.07, 6.45) is 2.96. The van der Waals surface area contributed by atoms with Crippen LogP contribution in [0.15, 0.2) is 79.0 Å². The highest BCUT2D eigenvalue weighted by molar-refractivity contribution is 5.96. The second kappa shape index (κ2) is 9.22. The highest BCUT2D eigenvalue weighted by atomic mass is 16.5. The Morgan fingerprint density at radius 1 is 1.00 bits per heavy atom. The minimum absolute atomic E-state index is 0.00162. The van der Waals surface area contributed by atoms with Crippen molar-refractivity contribution in [3.8, 4) is 11.5 Å². The highest BCUT2D eigenvalue weighted by Gasteiger charge is 2.31. The second-order valence-electron chi connectivity index (χ2n) is 7.20. The molecule has 1 fully saturated rings. The molecule has 6 nitrogen and oxygen atoms in total. The number of amides is 2. The Balaban J connectivity index is 1.30. The lowest BCUT2D eigenvalue weighted by Crippen LogP contribution is -2.37. The van der Waals surface area contributed by atoms with Gasteiger partial charge >= 0.3 is 0 Å². The maximum Gasteiger partial charge on any atom is 0.229 e. The van der Waals surface area contributed by atoms with Crippen LogP contribution in [0.4, 0.5) is 5.69 Å². The monoisotopic (exact) mass is 401 g/mol. The minimum atomic E-state index is -0.186. The lowest BCUT2D eigenvalue weighted by molar-refractivity contribution is -0.121. The van der Waals surface area contributed by atoms with Crippen molar-refractivity contribution in [2.24, 2.45) is 0 Å². The van der Waals surface area contributed by atoms with E-state index in [1.165, 1.54) is 0 Å². The van der Waals surface area contributed by atoms with E-state index in [1.54, 1.807) is 11.1 Å². The molecular weight excluding hydrogens is 378 g/mol. The predicted octanol–water partition coefficient (Wildman–Crippen LogP) is 3.73. The molecule has 1 saturated heterocycles. The number of hydrogen-bond donors (Lipinski definition) is 1. The summed E-state index contributed by atoms with van der Waals surface area (Å²) in [5.74, 6) is 1.40. The fraction of sp³-hybridized carbons (Fsp3) is 0.208. The first kappa shape index (κ1) is 19.6. The Morgan fingerprint density at radius 3 is 2.47 bits per heavy atom. The largest absolute Gasteiger partial charge is 0.457 e. The van der Waals surface area contributed by atoms with Crippen LogP contribution in [0.1, 0.15) is 18.5 Å². The van der Waals surface area contributed by atoms with Gasteiger partial charge in [0.2, 0.25) is 11.8 Å². The van der Waals surface area contributed by atoms with Gasteiger partial charge in [-0.2, -0.15) is 0 Å². The van der Waals surface area contributed by atoms with Crippen LogP contribution in [-0.2, 0) is 16.0 Å². The van der Waals surface area contributed by atoms with Gasteiger partial charge in [0, 0.05) is 37.0 Å². The molecule has 1 unspecified atom stereocenters. The first-order valence-electron chi connectivity index (χ1n) is 10.00. The summed E-state index contributed by atoms with van der Waals surface area (Å²) in [4.78, 5) is 30.6. The highest BCUT2D eigenvalue weighted by Crippen LogP contribution is 2.27. The van der Waals surface area contributed by atoms with Crippen molar-refractivity contribution < 1.29 is 14.3 Å². The number of para-hydroxylation sites is 1. The Morgan fingerprint density at radius 2 is 1.73 bits per heavy atom. The van der Waals surface area contributed by atoms with Gasteiger partial charge in [0.25, 0.3) is 0 Å². The van der Waals surface area contributed by atoms with Crippen LogP contribution in [0.25, 0.3) is 0 Å². The SMILES string of the molecule is O=C(CCc1ccccn1)NC1CC(=O)N(c2ccc(Oc3ccccc3)cc2)C1. The van der Waals surface area contributed by atoms with E-state index < -0.39 is 0 Å². The molecule has 30 heavy (non-hydrogen) atoms. The molecule has 0 aliphatic carbocycles. The molecule has 0 radical (unpaired) electrons. The summed E-state index contributed by atoms with van der Waals surface area (Å²) < 4.78 is 5.79. The number of hydrogen-bond acceptors (Lipinski definition) is 4. The number of nitrogens with one attached hydrogen (secondary N) is 1. The van der Waals surface area contributed by atoms with E-state index in [1.807, 2.05) is 72.8 Å². The standard InChI is InChI=1S/C24H23N3O3/c28-23(14-9-18-6-4-5-15-25-18)26-19-16-24(29)27(17-19)20-10-12-22(13-11-20)30-21-7-2-1-3-8-21/h1-8,10-13,15,19H,9,14,16-17H2,(H,26,28). The average molecular weight is 401 g/mol. The number of carbonyl (C=O) groups excluding carboxylic acids is 2. The number of aryl methyl sites for hydroxylation is 1. The van der Waals surface area contributed by atoms with E-state index in [4.69, 9.17) is 4.74 Å². The summed E-state index contributed by atoms with van der Waals surface area (Å²) in [6.45, 7) is 0.465. The van der Waals surface area contributed by atoms with Crippen molar-refractivity contribution in [2.45, 2.75) is 25.3 Å². The Labute approximate surface area is 175 Å². The topological polar surface area (TPSA) is 71.5 Å². The molecule has 2 aromatic carbocycles. The summed E-state index contributed by atoms with van der Waals surface area (Å²) in [5, 5.41) is 2.97. The number of ether oxygens (including phenoxy) is 1. The maximum absolute atomic E-state index is 12.5. The second-order valence-corrected chi connectivity index (χ2v) is 7.20. The molecule has 1 atom stereocenters. The predicted molar refractivity (Wildman–Crippen MR) is 114 cm³/mol. The molecule has 4 rings (SSSR count). The van der Waals surface area contributed by atoms with Crippen LogP contribution in [0.2, 0.25) is 0 Å². The molecule has 1 aromatic heterocycles. The molecule has 1 aliphatic heterocycles. The van der Waals surface area contributed by atoms with Crippen molar-refractivity contribution in [1.82, 2.24) is 10.3 Å². The maximum atomic E-state index is 12.5. The third kappa shape index (κ3) is 5.03. The molecule has 0 bridgehead atoms. The number of nitrogens with zero attached hydrogens (tertiary/aromatic N) is 2. The fourth-order valence-corrected chi connectivity index (χ4v) is 3.46. The number of anilines is 1. The Bertz CT molecular complexity index is 991. The Kier molecular flexibility index (Phi) is 6.03. The molecule has 1 N–H and O–H groups in total. The van der Waals surface area contributed by atoms with Gasteiger partial charge < -0.3 is 15.0 Å². The van der Waals surface area contributed by atoms with Gasteiger partial charge in [-0.1, -0.05) is 24.3 Å².